The maximum Gasteiger partial charge on any atom is 0.151 e. The molecule has 258 valence electrons. The molecule has 0 amide bonds. The molecule has 0 aliphatic heterocycles. The molecule has 0 fully saturated rings. The third kappa shape index (κ3) is 48.5. The van der Waals surface area contributed by atoms with E-state index in [1.54, 1.807) is 0 Å². The Kier molecular flexibility index (Phi) is 45.0. The van der Waals surface area contributed by atoms with Crippen molar-refractivity contribution in [1.82, 2.24) is 0 Å². The zero-order valence-electron chi connectivity index (χ0n) is 29.8. The lowest BCUT2D eigenvalue weighted by molar-refractivity contribution is -0.0453. The Morgan fingerprint density at radius 2 is 0.651 bits per heavy atom. The van der Waals surface area contributed by atoms with Gasteiger partial charge in [0, 0.05) is 13.2 Å². The summed E-state index contributed by atoms with van der Waals surface area (Å²) in [6, 6.07) is 0. The van der Waals surface area contributed by atoms with Crippen LogP contribution in [0.1, 0.15) is 213 Å². The molecule has 0 spiro atoms. The fourth-order valence-electron chi connectivity index (χ4n) is 5.26. The van der Waals surface area contributed by atoms with Crippen LogP contribution in [0.2, 0.25) is 0 Å². The Hall–Kier alpha value is -0.640. The number of hydrogen-bond donors (Lipinski definition) is 2. The van der Waals surface area contributed by atoms with Crippen LogP contribution in [-0.4, -0.2) is 29.7 Å². The maximum absolute atomic E-state index is 8.11. The number of unbranched alkanes of at least 4 members (excludes halogenated alkanes) is 24. The highest BCUT2D eigenvalue weighted by molar-refractivity contribution is 4.82. The van der Waals surface area contributed by atoms with Gasteiger partial charge in [-0.3, -0.25) is 0 Å². The molecule has 0 radical (unpaired) electrons. The van der Waals surface area contributed by atoms with Crippen LogP contribution < -0.4 is 0 Å². The minimum atomic E-state index is -1.10. The summed E-state index contributed by atoms with van der Waals surface area (Å²) >= 11 is 0. The molecule has 3 nitrogen and oxygen atoms in total. The van der Waals surface area contributed by atoms with Gasteiger partial charge < -0.3 is 14.9 Å². The summed E-state index contributed by atoms with van der Waals surface area (Å²) < 4.78 is 5.85. The highest BCUT2D eigenvalue weighted by Gasteiger charge is 1.95. The second kappa shape index (κ2) is 43.5. The van der Waals surface area contributed by atoms with Gasteiger partial charge in [0.25, 0.3) is 0 Å². The first-order valence-corrected chi connectivity index (χ1v) is 19.4. The zero-order chi connectivity index (χ0) is 31.7. The predicted octanol–water partition coefficient (Wildman–Crippen LogP) is 13.2. The molecule has 0 aromatic carbocycles. The van der Waals surface area contributed by atoms with Crippen molar-refractivity contribution in [2.45, 2.75) is 220 Å². The second-order valence-electron chi connectivity index (χ2n) is 12.8. The van der Waals surface area contributed by atoms with Crippen molar-refractivity contribution in [3.05, 3.63) is 24.3 Å². The number of rotatable bonds is 34. The van der Waals surface area contributed by atoms with E-state index in [0.29, 0.717) is 6.42 Å². The van der Waals surface area contributed by atoms with E-state index < -0.39 is 6.29 Å². The van der Waals surface area contributed by atoms with Crippen molar-refractivity contribution in [3.8, 4) is 0 Å². The van der Waals surface area contributed by atoms with Crippen molar-refractivity contribution >= 4 is 0 Å². The van der Waals surface area contributed by atoms with Crippen molar-refractivity contribution in [2.24, 2.45) is 0 Å². The largest absolute Gasteiger partial charge is 0.381 e. The second-order valence-corrected chi connectivity index (χ2v) is 12.8. The van der Waals surface area contributed by atoms with Crippen molar-refractivity contribution < 1.29 is 14.9 Å². The Morgan fingerprint density at radius 1 is 0.372 bits per heavy atom. The minimum Gasteiger partial charge on any atom is -0.381 e. The zero-order valence-corrected chi connectivity index (χ0v) is 29.8. The van der Waals surface area contributed by atoms with Crippen molar-refractivity contribution in [2.75, 3.05) is 13.2 Å². The third-order valence-corrected chi connectivity index (χ3v) is 8.15. The first-order valence-electron chi connectivity index (χ1n) is 19.4. The lowest BCUT2D eigenvalue weighted by Gasteiger charge is -2.05. The lowest BCUT2D eigenvalue weighted by atomic mass is 10.1. The molecule has 0 atom stereocenters. The normalized spacial score (nSPS) is 11.7. The van der Waals surface area contributed by atoms with Gasteiger partial charge in [0.15, 0.2) is 6.29 Å². The summed E-state index contributed by atoms with van der Waals surface area (Å²) in [4.78, 5) is 0. The summed E-state index contributed by atoms with van der Waals surface area (Å²) in [5.74, 6) is 0. The van der Waals surface area contributed by atoms with E-state index in [0.717, 1.165) is 19.6 Å². The number of ether oxygens (including phenoxy) is 1. The quantitative estimate of drug-likeness (QED) is 0.0434. The Bertz CT molecular complexity index is 474. The average molecular weight is 609 g/mol. The topological polar surface area (TPSA) is 49.7 Å². The molecule has 0 heterocycles. The van der Waals surface area contributed by atoms with Crippen LogP contribution in [0, 0.1) is 0 Å². The first kappa shape index (κ1) is 44.5. The summed E-state index contributed by atoms with van der Waals surface area (Å²) in [7, 11) is 0. The molecule has 0 unspecified atom stereocenters. The van der Waals surface area contributed by atoms with Crippen LogP contribution in [0.5, 0.6) is 0 Å². The Balaban J connectivity index is 0. The van der Waals surface area contributed by atoms with Gasteiger partial charge in [-0.1, -0.05) is 167 Å². The van der Waals surface area contributed by atoms with Gasteiger partial charge in [0.1, 0.15) is 0 Å². The van der Waals surface area contributed by atoms with E-state index in [9.17, 15) is 0 Å². The van der Waals surface area contributed by atoms with E-state index in [1.807, 2.05) is 6.92 Å². The van der Waals surface area contributed by atoms with E-state index in [2.05, 4.69) is 38.2 Å². The standard InChI is InChI=1S/C36H70O.C4H10O2/c1-3-5-7-9-11-13-15-17-19-21-23-25-27-29-31-33-35-37-36-34-32-30-28-26-24-22-20-18-16-14-12-10-8-6-4-2;1-2-3-4(5)6/h17-20H,3-16,21-36H2,1-2H3;4-6H,2-3H2,1H3/b19-17-,20-18-;. The molecule has 0 bridgehead atoms. The smallest absolute Gasteiger partial charge is 0.151 e. The molecule has 43 heavy (non-hydrogen) atoms. The van der Waals surface area contributed by atoms with Gasteiger partial charge in [0.05, 0.1) is 0 Å². The summed E-state index contributed by atoms with van der Waals surface area (Å²) in [6.07, 6.45) is 48.3. The van der Waals surface area contributed by atoms with Crippen molar-refractivity contribution in [3.63, 3.8) is 0 Å². The fraction of sp³-hybridized carbons (Fsp3) is 0.900. The predicted molar refractivity (Wildman–Crippen MR) is 193 cm³/mol. The molecule has 0 aromatic rings. The number of hydrogen-bond acceptors (Lipinski definition) is 3. The van der Waals surface area contributed by atoms with Crippen LogP contribution in [-0.2, 0) is 4.74 Å². The molecule has 0 aromatic heterocycles. The van der Waals surface area contributed by atoms with Crippen LogP contribution >= 0.6 is 0 Å². The highest BCUT2D eigenvalue weighted by Crippen LogP contribution is 2.12. The first-order chi connectivity index (χ1) is 21.2. The van der Waals surface area contributed by atoms with Crippen LogP contribution in [0.3, 0.4) is 0 Å². The Labute approximate surface area is 271 Å². The molecule has 0 saturated carbocycles. The van der Waals surface area contributed by atoms with E-state index in [1.165, 1.54) is 180 Å². The molecule has 3 heteroatoms. The number of aliphatic hydroxyl groups excluding tert-OH is 1. The summed E-state index contributed by atoms with van der Waals surface area (Å²) in [6.45, 7) is 8.44. The van der Waals surface area contributed by atoms with Gasteiger partial charge in [-0.15, -0.1) is 0 Å². The van der Waals surface area contributed by atoms with Crippen LogP contribution in [0.4, 0.5) is 0 Å². The molecular weight excluding hydrogens is 528 g/mol. The SMILES string of the molecule is CCCC(O)O.CCCCCCCC/C=C\CCCCCCCCOCCCCCCCC/C=C\CCCCCCCC. The fourth-order valence-corrected chi connectivity index (χ4v) is 5.26. The molecular formula is C40H80O3. The van der Waals surface area contributed by atoms with Gasteiger partial charge in [-0.2, -0.15) is 0 Å². The third-order valence-electron chi connectivity index (χ3n) is 8.15. The van der Waals surface area contributed by atoms with Gasteiger partial charge >= 0.3 is 0 Å². The van der Waals surface area contributed by atoms with E-state index in [-0.39, 0.29) is 0 Å². The van der Waals surface area contributed by atoms with Gasteiger partial charge in [-0.05, 0) is 70.6 Å². The van der Waals surface area contributed by atoms with Crippen LogP contribution in [0.15, 0.2) is 24.3 Å². The summed E-state index contributed by atoms with van der Waals surface area (Å²) in [5, 5.41) is 16.2. The maximum atomic E-state index is 8.11. The molecule has 0 aliphatic rings. The van der Waals surface area contributed by atoms with Gasteiger partial charge in [0.2, 0.25) is 0 Å². The average Bonchev–Trinajstić information content (AvgIpc) is 3.00. The number of allylic oxidation sites excluding steroid dienone is 4. The molecule has 0 saturated heterocycles. The molecule has 0 rings (SSSR count). The molecule has 0 aliphatic carbocycles. The monoisotopic (exact) mass is 609 g/mol. The van der Waals surface area contributed by atoms with E-state index >= 15 is 0 Å². The van der Waals surface area contributed by atoms with Crippen LogP contribution in [0.25, 0.3) is 0 Å². The van der Waals surface area contributed by atoms with Gasteiger partial charge in [-0.25, -0.2) is 0 Å². The number of aliphatic hydroxyl groups is 2. The summed E-state index contributed by atoms with van der Waals surface area (Å²) in [5.41, 5.74) is 0. The molecule has 2 N–H and O–H groups in total. The lowest BCUT2D eigenvalue weighted by Crippen LogP contribution is -2.01. The Morgan fingerprint density at radius 3 is 0.907 bits per heavy atom. The van der Waals surface area contributed by atoms with Crippen molar-refractivity contribution in [1.29, 1.82) is 0 Å². The highest BCUT2D eigenvalue weighted by atomic mass is 16.5. The minimum absolute atomic E-state index is 0.486. The van der Waals surface area contributed by atoms with E-state index in [4.69, 9.17) is 14.9 Å².